The smallest absolute Gasteiger partial charge is 0.244 e. The molecule has 1 atom stereocenters. The Bertz CT molecular complexity index is 437. The molecular formula is C14H25ClN4O. The third-order valence-corrected chi connectivity index (χ3v) is 2.87. The van der Waals surface area contributed by atoms with Crippen LogP contribution < -0.4 is 11.1 Å². The van der Waals surface area contributed by atoms with E-state index in [2.05, 4.69) is 15.3 Å². The van der Waals surface area contributed by atoms with Crippen LogP contribution in [0.25, 0.3) is 0 Å². The fraction of sp³-hybridized carbons (Fsp3) is 0.643. The Morgan fingerprint density at radius 2 is 1.75 bits per heavy atom. The fourth-order valence-electron chi connectivity index (χ4n) is 1.69. The van der Waals surface area contributed by atoms with Crippen molar-refractivity contribution >= 4 is 24.0 Å². The van der Waals surface area contributed by atoms with Crippen LogP contribution >= 0.6 is 12.4 Å². The molecule has 1 heterocycles. The van der Waals surface area contributed by atoms with Crippen LogP contribution in [0.3, 0.4) is 0 Å². The number of nitrogens with two attached hydrogens (primary N) is 1. The van der Waals surface area contributed by atoms with Gasteiger partial charge in [0, 0.05) is 5.41 Å². The van der Waals surface area contributed by atoms with E-state index in [1.807, 2.05) is 27.7 Å². The van der Waals surface area contributed by atoms with Gasteiger partial charge in [-0.15, -0.1) is 12.4 Å². The molecule has 0 aliphatic carbocycles. The van der Waals surface area contributed by atoms with E-state index in [4.69, 9.17) is 5.73 Å². The van der Waals surface area contributed by atoms with Gasteiger partial charge in [-0.05, 0) is 13.3 Å². The van der Waals surface area contributed by atoms with Gasteiger partial charge in [0.2, 0.25) is 5.91 Å². The second-order valence-electron chi connectivity index (χ2n) is 6.17. The van der Waals surface area contributed by atoms with Crippen LogP contribution in [0.4, 0.5) is 5.69 Å². The van der Waals surface area contributed by atoms with E-state index in [1.165, 1.54) is 0 Å². The molecule has 0 bridgehead atoms. The number of anilines is 1. The minimum atomic E-state index is -0.864. The first-order chi connectivity index (χ1) is 8.66. The summed E-state index contributed by atoms with van der Waals surface area (Å²) in [5.74, 6) is 0.538. The van der Waals surface area contributed by atoms with Gasteiger partial charge in [0.15, 0.2) is 0 Å². The Kier molecular flexibility index (Phi) is 6.58. The monoisotopic (exact) mass is 300 g/mol. The molecule has 0 saturated carbocycles. The molecule has 3 N–H and O–H groups in total. The average Bonchev–Trinajstić information content (AvgIpc) is 2.28. The van der Waals surface area contributed by atoms with Crippen LogP contribution in [0.15, 0.2) is 12.4 Å². The van der Waals surface area contributed by atoms with Gasteiger partial charge in [0.1, 0.15) is 5.82 Å². The van der Waals surface area contributed by atoms with E-state index >= 15 is 0 Å². The molecule has 5 nitrogen and oxygen atoms in total. The van der Waals surface area contributed by atoms with Gasteiger partial charge in [-0.25, -0.2) is 9.97 Å². The highest BCUT2D eigenvalue weighted by molar-refractivity contribution is 5.97. The van der Waals surface area contributed by atoms with Gasteiger partial charge in [0.05, 0.1) is 23.6 Å². The molecule has 6 heteroatoms. The van der Waals surface area contributed by atoms with Gasteiger partial charge in [-0.3, -0.25) is 4.79 Å². The lowest BCUT2D eigenvalue weighted by Gasteiger charge is -2.23. The van der Waals surface area contributed by atoms with Crippen molar-refractivity contribution in [2.75, 3.05) is 5.32 Å². The largest absolute Gasteiger partial charge is 0.322 e. The Hall–Kier alpha value is -1.20. The van der Waals surface area contributed by atoms with Gasteiger partial charge >= 0.3 is 0 Å². The molecule has 1 rings (SSSR count). The summed E-state index contributed by atoms with van der Waals surface area (Å²) in [5.41, 5.74) is 5.57. The molecule has 1 aromatic heterocycles. The number of nitrogens with one attached hydrogen (secondary N) is 1. The first-order valence-corrected chi connectivity index (χ1v) is 6.59. The second-order valence-corrected chi connectivity index (χ2v) is 6.17. The summed E-state index contributed by atoms with van der Waals surface area (Å²) in [6, 6.07) is 0. The molecule has 0 aliphatic rings. The van der Waals surface area contributed by atoms with Crippen LogP contribution in [0.1, 0.15) is 53.3 Å². The predicted octanol–water partition coefficient (Wildman–Crippen LogP) is 2.65. The maximum absolute atomic E-state index is 12.0. The summed E-state index contributed by atoms with van der Waals surface area (Å²) < 4.78 is 0. The quantitative estimate of drug-likeness (QED) is 0.895. The standard InChI is InChI=1S/C14H24N4O.ClH/c1-6-7-14(5,15)12(19)18-10-8-16-11(17-9-10)13(2,3)4;/h8-9H,6-7,15H2,1-5H3,(H,18,19);1H. The first kappa shape index (κ1) is 18.8. The Balaban J connectivity index is 0.00000361. The Morgan fingerprint density at radius 1 is 1.25 bits per heavy atom. The predicted molar refractivity (Wildman–Crippen MR) is 84.1 cm³/mol. The molecule has 0 fully saturated rings. The molecule has 114 valence electrons. The third-order valence-electron chi connectivity index (χ3n) is 2.87. The summed E-state index contributed by atoms with van der Waals surface area (Å²) in [5, 5.41) is 2.76. The van der Waals surface area contributed by atoms with Crippen LogP contribution in [0, 0.1) is 0 Å². The highest BCUT2D eigenvalue weighted by Gasteiger charge is 2.27. The summed E-state index contributed by atoms with van der Waals surface area (Å²) in [4.78, 5) is 20.5. The minimum absolute atomic E-state index is 0. The average molecular weight is 301 g/mol. The van der Waals surface area contributed by atoms with Crippen molar-refractivity contribution in [3.05, 3.63) is 18.2 Å². The van der Waals surface area contributed by atoms with E-state index in [1.54, 1.807) is 19.3 Å². The number of amides is 1. The molecule has 0 spiro atoms. The summed E-state index contributed by atoms with van der Waals surface area (Å²) in [7, 11) is 0. The Morgan fingerprint density at radius 3 is 2.15 bits per heavy atom. The summed E-state index contributed by atoms with van der Waals surface area (Å²) in [6.45, 7) is 9.85. The minimum Gasteiger partial charge on any atom is -0.322 e. The van der Waals surface area contributed by atoms with Crippen molar-refractivity contribution in [3.63, 3.8) is 0 Å². The first-order valence-electron chi connectivity index (χ1n) is 6.59. The second kappa shape index (κ2) is 6.99. The van der Waals surface area contributed by atoms with Gasteiger partial charge in [-0.1, -0.05) is 34.1 Å². The lowest BCUT2D eigenvalue weighted by Crippen LogP contribution is -2.48. The van der Waals surface area contributed by atoms with Gasteiger partial charge in [-0.2, -0.15) is 0 Å². The number of aromatic nitrogens is 2. The van der Waals surface area contributed by atoms with Crippen molar-refractivity contribution in [3.8, 4) is 0 Å². The zero-order valence-corrected chi connectivity index (χ0v) is 13.7. The Labute approximate surface area is 127 Å². The number of carbonyl (C=O) groups is 1. The van der Waals surface area contributed by atoms with E-state index in [9.17, 15) is 4.79 Å². The van der Waals surface area contributed by atoms with Crippen LogP contribution in [-0.4, -0.2) is 21.4 Å². The van der Waals surface area contributed by atoms with Gasteiger partial charge < -0.3 is 11.1 Å². The maximum atomic E-state index is 12.0. The number of carbonyl (C=O) groups excluding carboxylic acids is 1. The van der Waals surface area contributed by atoms with Crippen LogP contribution in [0.2, 0.25) is 0 Å². The van der Waals surface area contributed by atoms with Crippen LogP contribution in [0.5, 0.6) is 0 Å². The lowest BCUT2D eigenvalue weighted by atomic mass is 9.95. The highest BCUT2D eigenvalue weighted by Crippen LogP contribution is 2.19. The SMILES string of the molecule is CCCC(C)(N)C(=O)Nc1cnc(C(C)(C)C)nc1.Cl. The van der Waals surface area contributed by atoms with E-state index in [0.29, 0.717) is 12.1 Å². The number of hydrogen-bond donors (Lipinski definition) is 2. The van der Waals surface area contributed by atoms with Crippen molar-refractivity contribution in [1.82, 2.24) is 9.97 Å². The molecule has 20 heavy (non-hydrogen) atoms. The molecule has 0 aliphatic heterocycles. The zero-order chi connectivity index (χ0) is 14.7. The lowest BCUT2D eigenvalue weighted by molar-refractivity contribution is -0.120. The van der Waals surface area contributed by atoms with Gasteiger partial charge in [0.25, 0.3) is 0 Å². The number of hydrogen-bond acceptors (Lipinski definition) is 4. The molecule has 0 aromatic carbocycles. The summed E-state index contributed by atoms with van der Waals surface area (Å²) >= 11 is 0. The number of rotatable bonds is 4. The maximum Gasteiger partial charge on any atom is 0.244 e. The summed E-state index contributed by atoms with van der Waals surface area (Å²) in [6.07, 6.45) is 4.74. The molecule has 0 radical (unpaired) electrons. The van der Waals surface area contributed by atoms with Crippen LogP contribution in [-0.2, 0) is 10.2 Å². The number of nitrogens with zero attached hydrogens (tertiary/aromatic N) is 2. The van der Waals surface area contributed by atoms with Crippen molar-refractivity contribution in [2.24, 2.45) is 5.73 Å². The molecule has 1 aromatic rings. The number of halogens is 1. The van der Waals surface area contributed by atoms with E-state index in [-0.39, 0.29) is 23.7 Å². The molecular weight excluding hydrogens is 276 g/mol. The highest BCUT2D eigenvalue weighted by atomic mass is 35.5. The molecule has 1 unspecified atom stereocenters. The topological polar surface area (TPSA) is 80.9 Å². The van der Waals surface area contributed by atoms with Crippen molar-refractivity contribution in [1.29, 1.82) is 0 Å². The zero-order valence-electron chi connectivity index (χ0n) is 12.9. The van der Waals surface area contributed by atoms with Crippen molar-refractivity contribution in [2.45, 2.75) is 58.4 Å². The fourth-order valence-corrected chi connectivity index (χ4v) is 1.69. The third kappa shape index (κ3) is 5.06. The van der Waals surface area contributed by atoms with Crippen molar-refractivity contribution < 1.29 is 4.79 Å². The normalized spacial score (nSPS) is 14.1. The van der Waals surface area contributed by atoms with E-state index in [0.717, 1.165) is 12.2 Å². The molecule has 1 amide bonds. The molecule has 0 saturated heterocycles. The van der Waals surface area contributed by atoms with E-state index < -0.39 is 5.54 Å².